The van der Waals surface area contributed by atoms with Crippen molar-refractivity contribution in [3.63, 3.8) is 0 Å². The molecule has 3 aromatic rings. The number of nitrogens with zero attached hydrogens (tertiary/aromatic N) is 2. The largest absolute Gasteiger partial charge is 0.481 e. The van der Waals surface area contributed by atoms with Crippen molar-refractivity contribution in [2.24, 2.45) is 4.99 Å². The Bertz CT molecular complexity index is 1510. The van der Waals surface area contributed by atoms with Crippen LogP contribution in [0.5, 0.6) is 5.75 Å². The first kappa shape index (κ1) is 24.6. The molecule has 0 fully saturated rings. The number of carbonyl (C=O) groups is 2. The molecule has 180 valence electrons. The van der Waals surface area contributed by atoms with Crippen molar-refractivity contribution in [1.29, 1.82) is 0 Å². The summed E-state index contributed by atoms with van der Waals surface area (Å²) < 4.78 is 17.9. The molecule has 0 radical (unpaired) electrons. The second-order valence-electron chi connectivity index (χ2n) is 7.53. The lowest BCUT2D eigenvalue weighted by molar-refractivity contribution is -0.143. The van der Waals surface area contributed by atoms with E-state index in [-0.39, 0.29) is 12.2 Å². The summed E-state index contributed by atoms with van der Waals surface area (Å²) in [5.74, 6) is -0.651. The van der Waals surface area contributed by atoms with Crippen molar-refractivity contribution < 1.29 is 23.8 Å². The van der Waals surface area contributed by atoms with E-state index < -0.39 is 18.0 Å². The quantitative estimate of drug-likeness (QED) is 0.433. The smallest absolute Gasteiger partial charge is 0.343 e. The maximum Gasteiger partial charge on any atom is 0.343 e. The fourth-order valence-electron chi connectivity index (χ4n) is 3.74. The minimum atomic E-state index is -0.681. The molecule has 1 aliphatic heterocycles. The predicted octanol–water partition coefficient (Wildman–Crippen LogP) is 2.72. The van der Waals surface area contributed by atoms with Gasteiger partial charge in [0.05, 0.1) is 36.1 Å². The Morgan fingerprint density at radius 3 is 2.57 bits per heavy atom. The van der Waals surface area contributed by atoms with E-state index in [0.717, 1.165) is 10.0 Å². The van der Waals surface area contributed by atoms with E-state index in [1.54, 1.807) is 31.2 Å². The first-order valence-electron chi connectivity index (χ1n) is 10.5. The second-order valence-corrected chi connectivity index (χ2v) is 9.46. The number of rotatable bonds is 6. The summed E-state index contributed by atoms with van der Waals surface area (Å²) in [5.41, 5.74) is 1.84. The monoisotopic (exact) mass is 556 g/mol. The molecule has 1 unspecified atom stereocenters. The third kappa shape index (κ3) is 4.98. The molecule has 10 heteroatoms. The van der Waals surface area contributed by atoms with Crippen molar-refractivity contribution in [1.82, 2.24) is 4.57 Å². The zero-order valence-corrected chi connectivity index (χ0v) is 21.5. The lowest BCUT2D eigenvalue weighted by Gasteiger charge is -2.24. The predicted molar refractivity (Wildman–Crippen MR) is 134 cm³/mol. The number of esters is 2. The number of allylic oxidation sites excluding steroid dienone is 1. The van der Waals surface area contributed by atoms with E-state index >= 15 is 0 Å². The van der Waals surface area contributed by atoms with Crippen molar-refractivity contribution in [2.45, 2.75) is 13.0 Å². The minimum Gasteiger partial charge on any atom is -0.481 e. The van der Waals surface area contributed by atoms with Gasteiger partial charge < -0.3 is 14.2 Å². The number of halogens is 1. The van der Waals surface area contributed by atoms with Gasteiger partial charge in [-0.2, -0.15) is 0 Å². The first-order valence-corrected chi connectivity index (χ1v) is 12.1. The summed E-state index contributed by atoms with van der Waals surface area (Å²) in [6, 6.07) is 13.8. The molecule has 0 amide bonds. The SMILES string of the molecule is COC(=O)COc1ccc(Br)cc1C=c1sc2n(c1=O)C(c1ccccc1)C(C(=O)OC)=C(C)N=2. The highest BCUT2D eigenvalue weighted by Gasteiger charge is 2.32. The van der Waals surface area contributed by atoms with Crippen molar-refractivity contribution in [2.75, 3.05) is 20.8 Å². The summed E-state index contributed by atoms with van der Waals surface area (Å²) in [7, 11) is 2.58. The van der Waals surface area contributed by atoms with Gasteiger partial charge in [0.15, 0.2) is 11.4 Å². The van der Waals surface area contributed by atoms with Crippen molar-refractivity contribution >= 4 is 45.3 Å². The van der Waals surface area contributed by atoms with Crippen LogP contribution in [0.2, 0.25) is 0 Å². The molecule has 0 aliphatic carbocycles. The molecule has 35 heavy (non-hydrogen) atoms. The highest BCUT2D eigenvalue weighted by Crippen LogP contribution is 2.30. The lowest BCUT2D eigenvalue weighted by atomic mass is 9.96. The molecule has 1 aromatic heterocycles. The number of methoxy groups -OCH3 is 2. The van der Waals surface area contributed by atoms with Gasteiger partial charge in [0.2, 0.25) is 0 Å². The normalized spacial score (nSPS) is 15.3. The van der Waals surface area contributed by atoms with Gasteiger partial charge in [0, 0.05) is 10.0 Å². The number of hydrogen-bond acceptors (Lipinski definition) is 8. The number of aromatic nitrogens is 1. The molecule has 4 rings (SSSR count). The van der Waals surface area contributed by atoms with Gasteiger partial charge in [-0.25, -0.2) is 14.6 Å². The number of hydrogen-bond donors (Lipinski definition) is 0. The van der Waals surface area contributed by atoms with E-state index in [0.29, 0.717) is 31.9 Å². The Hall–Kier alpha value is -3.50. The molecular formula is C25H21BrN2O6S. The van der Waals surface area contributed by atoms with Crippen LogP contribution in [0.3, 0.4) is 0 Å². The highest BCUT2D eigenvalue weighted by atomic mass is 79.9. The Morgan fingerprint density at radius 2 is 1.89 bits per heavy atom. The maximum atomic E-state index is 13.7. The number of fused-ring (bicyclic) bond motifs is 1. The topological polar surface area (TPSA) is 96.2 Å². The second kappa shape index (κ2) is 10.4. The summed E-state index contributed by atoms with van der Waals surface area (Å²) in [5, 5.41) is 0. The average molecular weight is 557 g/mol. The summed E-state index contributed by atoms with van der Waals surface area (Å²) in [4.78, 5) is 42.9. The van der Waals surface area contributed by atoms with E-state index in [9.17, 15) is 14.4 Å². The standard InChI is InChI=1S/C25H21BrN2O6S/c1-14-21(24(31)33-3)22(15-7-5-4-6-8-15)28-23(30)19(35-25(28)27-14)12-16-11-17(26)9-10-18(16)34-13-20(29)32-2/h4-12,22H,13H2,1-3H3. The zero-order valence-electron chi connectivity index (χ0n) is 19.1. The molecular weight excluding hydrogens is 536 g/mol. The van der Waals surface area contributed by atoms with Crippen LogP contribution in [0.1, 0.15) is 24.1 Å². The van der Waals surface area contributed by atoms with Crippen LogP contribution < -0.4 is 19.6 Å². The van der Waals surface area contributed by atoms with Gasteiger partial charge in [-0.15, -0.1) is 0 Å². The summed E-state index contributed by atoms with van der Waals surface area (Å²) in [6.07, 6.45) is 1.68. The van der Waals surface area contributed by atoms with E-state index in [2.05, 4.69) is 25.7 Å². The Labute approximate surface area is 212 Å². The van der Waals surface area contributed by atoms with Crippen LogP contribution in [0.15, 0.2) is 74.1 Å². The number of thiazole rings is 1. The van der Waals surface area contributed by atoms with E-state index in [1.807, 2.05) is 30.3 Å². The number of benzene rings is 2. The van der Waals surface area contributed by atoms with Crippen LogP contribution in [-0.4, -0.2) is 37.3 Å². The summed E-state index contributed by atoms with van der Waals surface area (Å²) in [6.45, 7) is 1.46. The van der Waals surface area contributed by atoms with Gasteiger partial charge in [0.25, 0.3) is 5.56 Å². The lowest BCUT2D eigenvalue weighted by Crippen LogP contribution is -2.39. The number of ether oxygens (including phenoxy) is 3. The van der Waals surface area contributed by atoms with Gasteiger partial charge in [0.1, 0.15) is 5.75 Å². The molecule has 0 spiro atoms. The molecule has 2 aromatic carbocycles. The third-order valence-corrected chi connectivity index (χ3v) is 6.85. The fourth-order valence-corrected chi connectivity index (χ4v) is 5.16. The van der Waals surface area contributed by atoms with Crippen LogP contribution in [-0.2, 0) is 19.1 Å². The van der Waals surface area contributed by atoms with Gasteiger partial charge in [-0.1, -0.05) is 57.6 Å². The van der Waals surface area contributed by atoms with Gasteiger partial charge in [-0.3, -0.25) is 9.36 Å². The highest BCUT2D eigenvalue weighted by molar-refractivity contribution is 9.10. The van der Waals surface area contributed by atoms with Crippen molar-refractivity contribution in [3.05, 3.63) is 95.1 Å². The van der Waals surface area contributed by atoms with Crippen LogP contribution in [0.4, 0.5) is 0 Å². The Kier molecular flexibility index (Phi) is 7.32. The molecule has 0 bridgehead atoms. The third-order valence-electron chi connectivity index (χ3n) is 5.37. The van der Waals surface area contributed by atoms with Gasteiger partial charge >= 0.3 is 11.9 Å². The van der Waals surface area contributed by atoms with Crippen LogP contribution in [0, 0.1) is 0 Å². The molecule has 2 heterocycles. The average Bonchev–Trinajstić information content (AvgIpc) is 3.16. The Balaban J connectivity index is 1.90. The molecule has 0 N–H and O–H groups in total. The molecule has 0 saturated carbocycles. The van der Waals surface area contributed by atoms with E-state index in [4.69, 9.17) is 9.47 Å². The van der Waals surface area contributed by atoms with Crippen molar-refractivity contribution in [3.8, 4) is 5.75 Å². The maximum absolute atomic E-state index is 13.7. The molecule has 0 saturated heterocycles. The van der Waals surface area contributed by atoms with Crippen LogP contribution in [0.25, 0.3) is 6.08 Å². The number of carbonyl (C=O) groups excluding carboxylic acids is 2. The van der Waals surface area contributed by atoms with Crippen LogP contribution >= 0.6 is 27.3 Å². The first-order chi connectivity index (χ1) is 16.8. The van der Waals surface area contributed by atoms with E-state index in [1.165, 1.54) is 30.1 Å². The fraction of sp³-hybridized carbons (Fsp3) is 0.200. The Morgan fingerprint density at radius 1 is 1.14 bits per heavy atom. The zero-order chi connectivity index (χ0) is 25.1. The summed E-state index contributed by atoms with van der Waals surface area (Å²) >= 11 is 4.64. The molecule has 1 atom stereocenters. The molecule has 1 aliphatic rings. The minimum absolute atomic E-state index is 0.268. The van der Waals surface area contributed by atoms with Gasteiger partial charge in [-0.05, 0) is 36.8 Å². The molecule has 8 nitrogen and oxygen atoms in total.